The molecule has 0 aliphatic carbocycles. The molecule has 0 unspecified atom stereocenters. The Bertz CT molecular complexity index is 746. The van der Waals surface area contributed by atoms with E-state index in [0.717, 1.165) is 10.9 Å². The Kier molecular flexibility index (Phi) is 1.77. The first kappa shape index (κ1) is 9.03. The number of nitrogens with zero attached hydrogens (tertiary/aromatic N) is 2. The molecule has 2 heterocycles. The third-order valence-electron chi connectivity index (χ3n) is 2.63. The topological polar surface area (TPSA) is 49.9 Å². The maximum atomic E-state index is 11.4. The lowest BCUT2D eigenvalue weighted by atomic mass is 10.2. The minimum Gasteiger partial charge on any atom is -0.239 e. The number of nitrogens with one attached hydrogen (secondary N) is 1. The molecule has 3 rings (SSSR count). The molecule has 2 aromatic heterocycles. The first-order valence-electron chi connectivity index (χ1n) is 5.06. The molecule has 1 N–H and O–H groups in total. The van der Waals surface area contributed by atoms with Gasteiger partial charge in [0.1, 0.15) is 0 Å². The lowest BCUT2D eigenvalue weighted by Crippen LogP contribution is -2.34. The van der Waals surface area contributed by atoms with Gasteiger partial charge in [-0.05, 0) is 19.1 Å². The molecule has 4 nitrogen and oxygen atoms in total. The highest BCUT2D eigenvalue weighted by molar-refractivity contribution is 5.76. The molecule has 78 valence electrons. The Labute approximate surface area is 91.2 Å². The van der Waals surface area contributed by atoms with Crippen molar-refractivity contribution in [3.8, 4) is 0 Å². The highest BCUT2D eigenvalue weighted by atomic mass is 16.1. The first-order valence-corrected chi connectivity index (χ1v) is 5.06. The average Bonchev–Trinajstić information content (AvgIpc) is 2.31. The predicted octanol–water partition coefficient (Wildman–Crippen LogP) is 0.970. The summed E-state index contributed by atoms with van der Waals surface area (Å²) in [6.07, 6.45) is 0. The zero-order valence-electron chi connectivity index (χ0n) is 8.77. The molecule has 0 atom stereocenters. The Morgan fingerprint density at radius 2 is 2.00 bits per heavy atom. The van der Waals surface area contributed by atoms with Gasteiger partial charge in [0, 0.05) is 11.5 Å². The molecule has 0 aliphatic heterocycles. The zero-order chi connectivity index (χ0) is 11.1. The smallest absolute Gasteiger partial charge is 0.239 e. The third-order valence-corrected chi connectivity index (χ3v) is 2.63. The number of H-pyrrole nitrogens is 1. The molecule has 16 heavy (non-hydrogen) atoms. The van der Waals surface area contributed by atoms with Gasteiger partial charge in [-0.1, -0.05) is 27.8 Å². The monoisotopic (exact) mass is 212 g/mol. The maximum absolute atomic E-state index is 11.4. The van der Waals surface area contributed by atoms with Gasteiger partial charge in [0.15, 0.2) is 11.2 Å². The standard InChI is InChI=1S/C12H9N3O/c1-8-12(16)13-11-7-6-9-4-2-3-5-10(9)15(11)14-8/h2-7H,1H3/p+1. The van der Waals surface area contributed by atoms with Crippen LogP contribution in [0.4, 0.5) is 0 Å². The summed E-state index contributed by atoms with van der Waals surface area (Å²) in [5.74, 6) is 0. The molecule has 3 aromatic rings. The molecule has 0 bridgehead atoms. The Morgan fingerprint density at radius 3 is 2.88 bits per heavy atom. The molecule has 4 heteroatoms. The summed E-state index contributed by atoms with van der Waals surface area (Å²) in [4.78, 5) is 14.2. The minimum absolute atomic E-state index is 0.143. The Morgan fingerprint density at radius 1 is 1.19 bits per heavy atom. The highest BCUT2D eigenvalue weighted by Gasteiger charge is 2.10. The van der Waals surface area contributed by atoms with Gasteiger partial charge in [0.05, 0.1) is 0 Å². The number of hydrogen-bond acceptors (Lipinski definition) is 2. The molecular weight excluding hydrogens is 202 g/mol. The number of aromatic nitrogens is 3. The molecule has 1 aromatic carbocycles. The van der Waals surface area contributed by atoms with Gasteiger partial charge in [0.25, 0.3) is 0 Å². The van der Waals surface area contributed by atoms with Crippen LogP contribution in [-0.2, 0) is 0 Å². The number of aryl methyl sites for hydroxylation is 1. The SMILES string of the molecule is Cc1n[n+]2c(ccc3ccccc32)[nH]c1=O. The molecule has 0 amide bonds. The summed E-state index contributed by atoms with van der Waals surface area (Å²) >= 11 is 0. The minimum atomic E-state index is -0.143. The van der Waals surface area contributed by atoms with E-state index in [1.807, 2.05) is 36.4 Å². The van der Waals surface area contributed by atoms with Crippen LogP contribution in [0.1, 0.15) is 5.69 Å². The second-order valence-electron chi connectivity index (χ2n) is 3.73. The van der Waals surface area contributed by atoms with Crippen LogP contribution in [0.2, 0.25) is 0 Å². The summed E-state index contributed by atoms with van der Waals surface area (Å²) in [5, 5.41) is 5.37. The number of rotatable bonds is 0. The lowest BCUT2D eigenvalue weighted by Gasteiger charge is -1.97. The number of pyridine rings is 1. The van der Waals surface area contributed by atoms with Crippen LogP contribution in [0, 0.1) is 6.92 Å². The van der Waals surface area contributed by atoms with E-state index in [1.54, 1.807) is 11.4 Å². The lowest BCUT2D eigenvalue weighted by molar-refractivity contribution is -0.556. The highest BCUT2D eigenvalue weighted by Crippen LogP contribution is 2.08. The molecule has 0 saturated carbocycles. The number of hydrogen-bond donors (Lipinski definition) is 1. The van der Waals surface area contributed by atoms with Crippen molar-refractivity contribution in [1.29, 1.82) is 0 Å². The molecule has 0 spiro atoms. The average molecular weight is 212 g/mol. The zero-order valence-corrected chi connectivity index (χ0v) is 8.77. The van der Waals surface area contributed by atoms with Crippen molar-refractivity contribution >= 4 is 16.6 Å². The normalized spacial score (nSPS) is 11.1. The van der Waals surface area contributed by atoms with E-state index in [4.69, 9.17) is 0 Å². The van der Waals surface area contributed by atoms with Gasteiger partial charge in [-0.25, -0.2) is 9.78 Å². The van der Waals surface area contributed by atoms with Crippen molar-refractivity contribution < 1.29 is 4.52 Å². The number of para-hydroxylation sites is 1. The van der Waals surface area contributed by atoms with Crippen molar-refractivity contribution in [2.75, 3.05) is 0 Å². The fourth-order valence-electron chi connectivity index (χ4n) is 1.79. The van der Waals surface area contributed by atoms with Crippen molar-refractivity contribution in [1.82, 2.24) is 10.1 Å². The van der Waals surface area contributed by atoms with E-state index in [-0.39, 0.29) is 5.56 Å². The number of fused-ring (bicyclic) bond motifs is 3. The fourth-order valence-corrected chi connectivity index (χ4v) is 1.79. The van der Waals surface area contributed by atoms with E-state index in [1.165, 1.54) is 0 Å². The quantitative estimate of drug-likeness (QED) is 0.446. The molecule has 0 radical (unpaired) electrons. The van der Waals surface area contributed by atoms with Crippen LogP contribution in [0.25, 0.3) is 16.6 Å². The third kappa shape index (κ3) is 1.20. The first-order chi connectivity index (χ1) is 7.75. The summed E-state index contributed by atoms with van der Waals surface area (Å²) in [6.45, 7) is 1.70. The van der Waals surface area contributed by atoms with Crippen LogP contribution in [0.5, 0.6) is 0 Å². The van der Waals surface area contributed by atoms with Crippen molar-refractivity contribution in [3.05, 3.63) is 52.4 Å². The van der Waals surface area contributed by atoms with Crippen LogP contribution < -0.4 is 10.1 Å². The van der Waals surface area contributed by atoms with E-state index in [0.29, 0.717) is 11.3 Å². The van der Waals surface area contributed by atoms with E-state index in [9.17, 15) is 4.79 Å². The fraction of sp³-hybridized carbons (Fsp3) is 0.0833. The van der Waals surface area contributed by atoms with E-state index >= 15 is 0 Å². The Balaban J connectivity index is 2.60. The van der Waals surface area contributed by atoms with Crippen LogP contribution in [-0.4, -0.2) is 10.1 Å². The van der Waals surface area contributed by atoms with Gasteiger partial charge in [0.2, 0.25) is 0 Å². The van der Waals surface area contributed by atoms with Gasteiger partial charge < -0.3 is 0 Å². The summed E-state index contributed by atoms with van der Waals surface area (Å²) < 4.78 is 1.76. The number of aromatic amines is 1. The maximum Gasteiger partial charge on any atom is 0.357 e. The molecular formula is C12H10N3O+. The van der Waals surface area contributed by atoms with Crippen LogP contribution >= 0.6 is 0 Å². The van der Waals surface area contributed by atoms with Crippen molar-refractivity contribution in [2.45, 2.75) is 6.92 Å². The molecule has 0 aliphatic rings. The Hall–Kier alpha value is -2.23. The van der Waals surface area contributed by atoms with Crippen LogP contribution in [0.15, 0.2) is 41.2 Å². The van der Waals surface area contributed by atoms with Gasteiger partial charge in [-0.3, -0.25) is 0 Å². The van der Waals surface area contributed by atoms with Crippen LogP contribution in [0.3, 0.4) is 0 Å². The predicted molar refractivity (Wildman–Crippen MR) is 60.3 cm³/mol. The van der Waals surface area contributed by atoms with Crippen molar-refractivity contribution in [2.24, 2.45) is 0 Å². The second-order valence-corrected chi connectivity index (χ2v) is 3.73. The molecule has 0 fully saturated rings. The van der Waals surface area contributed by atoms with Crippen molar-refractivity contribution in [3.63, 3.8) is 0 Å². The van der Waals surface area contributed by atoms with Gasteiger partial charge in [-0.2, -0.15) is 0 Å². The molecule has 0 saturated heterocycles. The summed E-state index contributed by atoms with van der Waals surface area (Å²) in [5.41, 5.74) is 2.01. The summed E-state index contributed by atoms with van der Waals surface area (Å²) in [6, 6.07) is 11.8. The van der Waals surface area contributed by atoms with Gasteiger partial charge >= 0.3 is 11.2 Å². The summed E-state index contributed by atoms with van der Waals surface area (Å²) in [7, 11) is 0. The van der Waals surface area contributed by atoms with E-state index in [2.05, 4.69) is 10.1 Å². The number of benzene rings is 1. The largest absolute Gasteiger partial charge is 0.357 e. The second kappa shape index (κ2) is 3.13. The van der Waals surface area contributed by atoms with E-state index < -0.39 is 0 Å². The van der Waals surface area contributed by atoms with Gasteiger partial charge in [-0.15, -0.1) is 0 Å².